The highest BCUT2D eigenvalue weighted by atomic mass is 16.5. The van der Waals surface area contributed by atoms with Crippen LogP contribution in [0.2, 0.25) is 0 Å². The molecular formula is C13H27N3O4. The Hall–Kier alpha value is -1.34. The number of carbonyl (C=O) groups is 2. The largest absolute Gasteiger partial charge is 0.480 e. The summed E-state index contributed by atoms with van der Waals surface area (Å²) in [4.78, 5) is 24.6. The van der Waals surface area contributed by atoms with Crippen LogP contribution in [0.3, 0.4) is 0 Å². The Labute approximate surface area is 120 Å². The van der Waals surface area contributed by atoms with Gasteiger partial charge in [-0.2, -0.15) is 0 Å². The number of carbonyl (C=O) groups excluding carboxylic acids is 1. The lowest BCUT2D eigenvalue weighted by Gasteiger charge is -2.18. The molecule has 0 aliphatic carbocycles. The fourth-order valence-electron chi connectivity index (χ4n) is 1.59. The van der Waals surface area contributed by atoms with Gasteiger partial charge >= 0.3 is 12.0 Å². The summed E-state index contributed by atoms with van der Waals surface area (Å²) in [7, 11) is 3.57. The molecule has 0 aromatic rings. The van der Waals surface area contributed by atoms with E-state index < -0.39 is 18.0 Å². The van der Waals surface area contributed by atoms with Crippen LogP contribution in [-0.2, 0) is 9.53 Å². The molecule has 0 radical (unpaired) electrons. The van der Waals surface area contributed by atoms with Crippen LogP contribution in [0.5, 0.6) is 0 Å². The normalized spacial score (nSPS) is 12.2. The molecule has 0 saturated heterocycles. The molecular weight excluding hydrogens is 262 g/mol. The van der Waals surface area contributed by atoms with E-state index in [4.69, 9.17) is 9.84 Å². The van der Waals surface area contributed by atoms with Crippen molar-refractivity contribution in [1.29, 1.82) is 0 Å². The third kappa shape index (κ3) is 9.57. The number of carboxylic acid groups (broad SMARTS) is 1. The first-order valence-electron chi connectivity index (χ1n) is 6.95. The monoisotopic (exact) mass is 289 g/mol. The molecule has 0 aromatic heterocycles. The Balaban J connectivity index is 3.87. The van der Waals surface area contributed by atoms with Crippen LogP contribution in [-0.4, -0.2) is 68.4 Å². The van der Waals surface area contributed by atoms with Gasteiger partial charge in [0.1, 0.15) is 6.04 Å². The molecule has 0 saturated carbocycles. The predicted octanol–water partition coefficient (Wildman–Crippen LogP) is 0.507. The molecule has 2 amide bonds. The minimum atomic E-state index is -0.995. The number of nitrogens with zero attached hydrogens (tertiary/aromatic N) is 1. The molecule has 7 nitrogen and oxygen atoms in total. The lowest BCUT2D eigenvalue weighted by Crippen LogP contribution is -2.47. The van der Waals surface area contributed by atoms with Crippen LogP contribution in [0.1, 0.15) is 26.2 Å². The number of rotatable bonds is 11. The van der Waals surface area contributed by atoms with E-state index in [-0.39, 0.29) is 0 Å². The number of urea groups is 1. The lowest BCUT2D eigenvalue weighted by atomic mass is 10.1. The predicted molar refractivity (Wildman–Crippen MR) is 76.9 cm³/mol. The van der Waals surface area contributed by atoms with E-state index >= 15 is 0 Å². The Morgan fingerprint density at radius 3 is 2.60 bits per heavy atom. The van der Waals surface area contributed by atoms with Crippen molar-refractivity contribution >= 4 is 12.0 Å². The molecule has 0 aromatic carbocycles. The Morgan fingerprint density at radius 1 is 1.35 bits per heavy atom. The molecule has 0 heterocycles. The van der Waals surface area contributed by atoms with Crippen LogP contribution >= 0.6 is 0 Å². The van der Waals surface area contributed by atoms with Gasteiger partial charge in [-0.3, -0.25) is 0 Å². The van der Waals surface area contributed by atoms with E-state index in [1.165, 1.54) is 0 Å². The Morgan fingerprint density at radius 2 is 2.05 bits per heavy atom. The Kier molecular flexibility index (Phi) is 10.7. The molecule has 3 N–H and O–H groups in total. The number of carboxylic acids is 1. The number of nitrogens with one attached hydrogen (secondary N) is 2. The molecule has 0 spiro atoms. The minimum Gasteiger partial charge on any atom is -0.480 e. The van der Waals surface area contributed by atoms with E-state index in [1.807, 2.05) is 18.9 Å². The zero-order chi connectivity index (χ0) is 15.4. The molecule has 118 valence electrons. The summed E-state index contributed by atoms with van der Waals surface area (Å²) in [6.07, 6.45) is 2.13. The van der Waals surface area contributed by atoms with Gasteiger partial charge in [0, 0.05) is 26.7 Å². The number of hydrogen-bond donors (Lipinski definition) is 3. The maximum absolute atomic E-state index is 11.6. The fourth-order valence-corrected chi connectivity index (χ4v) is 1.59. The van der Waals surface area contributed by atoms with Crippen molar-refractivity contribution in [1.82, 2.24) is 15.5 Å². The number of ether oxygens (including phenoxy) is 1. The molecule has 0 rings (SSSR count). The number of unbranched alkanes of at least 4 members (excludes halogenated alkanes) is 1. The summed E-state index contributed by atoms with van der Waals surface area (Å²) < 4.78 is 4.95. The van der Waals surface area contributed by atoms with E-state index in [0.717, 1.165) is 19.4 Å². The SMILES string of the molecule is CCCC[C@H](NC(=O)NCCN(C)CCOC)C(=O)O. The number of methoxy groups -OCH3 is 1. The zero-order valence-corrected chi connectivity index (χ0v) is 12.6. The number of amides is 2. The first-order chi connectivity index (χ1) is 9.51. The zero-order valence-electron chi connectivity index (χ0n) is 12.6. The molecule has 0 bridgehead atoms. The highest BCUT2D eigenvalue weighted by Gasteiger charge is 2.18. The topological polar surface area (TPSA) is 90.9 Å². The van der Waals surface area contributed by atoms with E-state index in [9.17, 15) is 9.59 Å². The molecule has 7 heteroatoms. The summed E-state index contributed by atoms with van der Waals surface area (Å²) in [5.41, 5.74) is 0. The second-order valence-electron chi connectivity index (χ2n) is 4.73. The summed E-state index contributed by atoms with van der Waals surface area (Å²) >= 11 is 0. The van der Waals surface area contributed by atoms with Crippen molar-refractivity contribution in [2.75, 3.05) is 40.4 Å². The van der Waals surface area contributed by atoms with Crippen molar-refractivity contribution in [3.8, 4) is 0 Å². The van der Waals surface area contributed by atoms with E-state index in [0.29, 0.717) is 26.1 Å². The molecule has 0 aliphatic rings. The number of aliphatic carboxylic acids is 1. The number of likely N-dealkylation sites (N-methyl/N-ethyl adjacent to an activating group) is 1. The minimum absolute atomic E-state index is 0.436. The second kappa shape index (κ2) is 11.5. The maximum Gasteiger partial charge on any atom is 0.326 e. The first kappa shape index (κ1) is 18.7. The first-order valence-corrected chi connectivity index (χ1v) is 6.95. The average molecular weight is 289 g/mol. The second-order valence-corrected chi connectivity index (χ2v) is 4.73. The van der Waals surface area contributed by atoms with Crippen LogP contribution in [0, 0.1) is 0 Å². The molecule has 1 atom stereocenters. The Bertz CT molecular complexity index is 287. The van der Waals surface area contributed by atoms with Crippen molar-refractivity contribution in [3.05, 3.63) is 0 Å². The third-order valence-corrected chi connectivity index (χ3v) is 2.91. The van der Waals surface area contributed by atoms with Gasteiger partial charge in [0.25, 0.3) is 0 Å². The molecule has 20 heavy (non-hydrogen) atoms. The van der Waals surface area contributed by atoms with Gasteiger partial charge < -0.3 is 25.4 Å². The van der Waals surface area contributed by atoms with Crippen molar-refractivity contribution in [3.63, 3.8) is 0 Å². The molecule has 0 unspecified atom stereocenters. The van der Waals surface area contributed by atoms with Gasteiger partial charge in [0.05, 0.1) is 6.61 Å². The van der Waals surface area contributed by atoms with Gasteiger partial charge in [0.2, 0.25) is 0 Å². The quantitative estimate of drug-likeness (QED) is 0.515. The van der Waals surface area contributed by atoms with Crippen LogP contribution in [0.15, 0.2) is 0 Å². The summed E-state index contributed by atoms with van der Waals surface area (Å²) in [6, 6.07) is -1.25. The standard InChI is InChI=1S/C13H27N3O4/c1-4-5-6-11(12(17)18)15-13(19)14-7-8-16(2)9-10-20-3/h11H,4-10H2,1-3H3,(H,17,18)(H2,14,15,19)/t11-/m0/s1. The summed E-state index contributed by atoms with van der Waals surface area (Å²) in [6.45, 7) is 4.55. The highest BCUT2D eigenvalue weighted by Crippen LogP contribution is 2.00. The lowest BCUT2D eigenvalue weighted by molar-refractivity contribution is -0.139. The van der Waals surface area contributed by atoms with Gasteiger partial charge in [-0.05, 0) is 13.5 Å². The number of hydrogen-bond acceptors (Lipinski definition) is 4. The van der Waals surface area contributed by atoms with Crippen LogP contribution < -0.4 is 10.6 Å². The smallest absolute Gasteiger partial charge is 0.326 e. The van der Waals surface area contributed by atoms with Gasteiger partial charge in [-0.25, -0.2) is 9.59 Å². The summed E-state index contributed by atoms with van der Waals surface area (Å²) in [5.74, 6) is -0.995. The van der Waals surface area contributed by atoms with Crippen molar-refractivity contribution in [2.24, 2.45) is 0 Å². The summed E-state index contributed by atoms with van der Waals surface area (Å²) in [5, 5.41) is 14.1. The average Bonchev–Trinajstić information content (AvgIpc) is 2.40. The fraction of sp³-hybridized carbons (Fsp3) is 0.846. The van der Waals surface area contributed by atoms with Crippen molar-refractivity contribution in [2.45, 2.75) is 32.2 Å². The van der Waals surface area contributed by atoms with Crippen LogP contribution in [0.25, 0.3) is 0 Å². The highest BCUT2D eigenvalue weighted by molar-refractivity contribution is 5.82. The van der Waals surface area contributed by atoms with Gasteiger partial charge in [-0.1, -0.05) is 19.8 Å². The van der Waals surface area contributed by atoms with E-state index in [1.54, 1.807) is 7.11 Å². The molecule has 0 aliphatic heterocycles. The van der Waals surface area contributed by atoms with E-state index in [2.05, 4.69) is 10.6 Å². The van der Waals surface area contributed by atoms with Gasteiger partial charge in [0.15, 0.2) is 0 Å². The maximum atomic E-state index is 11.6. The molecule has 0 fully saturated rings. The van der Waals surface area contributed by atoms with Gasteiger partial charge in [-0.15, -0.1) is 0 Å². The van der Waals surface area contributed by atoms with Crippen LogP contribution in [0.4, 0.5) is 4.79 Å². The third-order valence-electron chi connectivity index (χ3n) is 2.91. The van der Waals surface area contributed by atoms with Crippen molar-refractivity contribution < 1.29 is 19.4 Å².